The Hall–Kier alpha value is -3.36. The number of halogens is 2. The number of ether oxygens (including phenoxy) is 1. The molecule has 0 aliphatic rings. The molecule has 3 rings (SSSR count). The first-order valence-electron chi connectivity index (χ1n) is 9.94. The average molecular weight is 489 g/mol. The van der Waals surface area contributed by atoms with E-state index in [2.05, 4.69) is 4.72 Å². The van der Waals surface area contributed by atoms with Crippen molar-refractivity contribution in [1.29, 1.82) is 0 Å². The van der Waals surface area contributed by atoms with Crippen molar-refractivity contribution in [2.24, 2.45) is 0 Å². The Morgan fingerprint density at radius 3 is 2.42 bits per heavy atom. The topological polar surface area (TPSA) is 75.7 Å². The van der Waals surface area contributed by atoms with Crippen molar-refractivity contribution in [3.8, 4) is 5.75 Å². The average Bonchev–Trinajstić information content (AvgIpc) is 2.80. The molecule has 9 heteroatoms. The van der Waals surface area contributed by atoms with E-state index < -0.39 is 15.8 Å². The number of anilines is 1. The highest BCUT2D eigenvalue weighted by Crippen LogP contribution is 2.24. The summed E-state index contributed by atoms with van der Waals surface area (Å²) in [5.74, 6) is -0.601. The van der Waals surface area contributed by atoms with Gasteiger partial charge in [-0.2, -0.15) is 0 Å². The number of hydrogen-bond acceptors (Lipinski definition) is 4. The number of carbonyl (C=O) groups is 1. The molecule has 0 aliphatic carbocycles. The summed E-state index contributed by atoms with van der Waals surface area (Å²) in [6, 6.07) is 18.7. The number of para-hydroxylation sites is 2. The summed E-state index contributed by atoms with van der Waals surface area (Å²) in [5.41, 5.74) is 0.937. The summed E-state index contributed by atoms with van der Waals surface area (Å²) in [6.07, 6.45) is 2.95. The Morgan fingerprint density at radius 1 is 1.06 bits per heavy atom. The van der Waals surface area contributed by atoms with Crippen LogP contribution in [0.5, 0.6) is 5.75 Å². The van der Waals surface area contributed by atoms with E-state index in [0.717, 1.165) is 0 Å². The zero-order chi connectivity index (χ0) is 23.8. The Kier molecular flexibility index (Phi) is 8.08. The molecule has 0 fully saturated rings. The summed E-state index contributed by atoms with van der Waals surface area (Å²) >= 11 is 6.01. The number of nitrogens with zero attached hydrogens (tertiary/aromatic N) is 1. The molecule has 0 radical (unpaired) electrons. The van der Waals surface area contributed by atoms with Crippen LogP contribution >= 0.6 is 11.6 Å². The Labute approximate surface area is 197 Å². The van der Waals surface area contributed by atoms with E-state index in [0.29, 0.717) is 10.6 Å². The first-order chi connectivity index (χ1) is 15.8. The lowest BCUT2D eigenvalue weighted by Gasteiger charge is -2.15. The Bertz CT molecular complexity index is 1250. The first kappa shape index (κ1) is 24.3. The van der Waals surface area contributed by atoms with E-state index in [-0.39, 0.29) is 35.4 Å². The highest BCUT2D eigenvalue weighted by molar-refractivity contribution is 7.92. The lowest BCUT2D eigenvalue weighted by molar-refractivity contribution is -0.125. The molecule has 0 unspecified atom stereocenters. The molecule has 33 heavy (non-hydrogen) atoms. The summed E-state index contributed by atoms with van der Waals surface area (Å²) < 4.78 is 46.5. The molecule has 0 heterocycles. The highest BCUT2D eigenvalue weighted by Gasteiger charge is 2.15. The number of amides is 1. The van der Waals surface area contributed by atoms with Gasteiger partial charge in [0.05, 0.1) is 22.2 Å². The van der Waals surface area contributed by atoms with Crippen LogP contribution in [0.25, 0.3) is 6.08 Å². The lowest BCUT2D eigenvalue weighted by atomic mass is 10.2. The Morgan fingerprint density at radius 2 is 1.73 bits per heavy atom. The van der Waals surface area contributed by atoms with E-state index in [4.69, 9.17) is 16.3 Å². The van der Waals surface area contributed by atoms with Gasteiger partial charge >= 0.3 is 0 Å². The molecule has 0 aliphatic heterocycles. The largest absolute Gasteiger partial charge is 0.489 e. The standard InChI is InChI=1S/C24H22ClFN2O4S/c1-28(16-17-32-23-9-5-3-7-21(23)26)24(29)15-12-18-10-13-19(14-11-18)33(30,31)27-22-8-4-2-6-20(22)25/h2-15,27H,16-17H2,1H3/b15-12+. The van der Waals surface area contributed by atoms with Crippen molar-refractivity contribution in [1.82, 2.24) is 4.90 Å². The van der Waals surface area contributed by atoms with Gasteiger partial charge in [-0.25, -0.2) is 12.8 Å². The molecular formula is C24H22ClFN2O4S. The third-order valence-electron chi connectivity index (χ3n) is 4.62. The van der Waals surface area contributed by atoms with E-state index in [1.165, 1.54) is 35.2 Å². The number of benzene rings is 3. The fourth-order valence-corrected chi connectivity index (χ4v) is 4.08. The number of carbonyl (C=O) groups excluding carboxylic acids is 1. The SMILES string of the molecule is CN(CCOc1ccccc1F)C(=O)/C=C/c1ccc(S(=O)(=O)Nc2ccccc2Cl)cc1. The second-order valence-electron chi connectivity index (χ2n) is 7.03. The molecule has 0 bridgehead atoms. The van der Waals surface area contributed by atoms with Gasteiger partial charge in [0, 0.05) is 13.1 Å². The molecular weight excluding hydrogens is 467 g/mol. The van der Waals surface area contributed by atoms with E-state index >= 15 is 0 Å². The van der Waals surface area contributed by atoms with Gasteiger partial charge in [-0.05, 0) is 48.0 Å². The molecule has 1 amide bonds. The third kappa shape index (κ3) is 6.81. The van der Waals surface area contributed by atoms with Gasteiger partial charge in [-0.15, -0.1) is 0 Å². The highest BCUT2D eigenvalue weighted by atomic mass is 35.5. The molecule has 172 valence electrons. The zero-order valence-corrected chi connectivity index (χ0v) is 19.3. The van der Waals surface area contributed by atoms with E-state index in [1.54, 1.807) is 61.7 Å². The molecule has 0 saturated carbocycles. The van der Waals surface area contributed by atoms with Gasteiger partial charge in [-0.1, -0.05) is 48.0 Å². The summed E-state index contributed by atoms with van der Waals surface area (Å²) in [6.45, 7) is 0.407. The fraction of sp³-hybridized carbons (Fsp3) is 0.125. The number of hydrogen-bond donors (Lipinski definition) is 1. The minimum Gasteiger partial charge on any atom is -0.489 e. The minimum absolute atomic E-state index is 0.0632. The maximum absolute atomic E-state index is 13.5. The lowest BCUT2D eigenvalue weighted by Crippen LogP contribution is -2.29. The summed E-state index contributed by atoms with van der Waals surface area (Å²) in [7, 11) is -2.20. The molecule has 1 N–H and O–H groups in total. The van der Waals surface area contributed by atoms with Crippen molar-refractivity contribution in [3.63, 3.8) is 0 Å². The van der Waals surface area contributed by atoms with Gasteiger partial charge in [0.15, 0.2) is 11.6 Å². The fourth-order valence-electron chi connectivity index (χ4n) is 2.77. The summed E-state index contributed by atoms with van der Waals surface area (Å²) in [5, 5.41) is 0.294. The van der Waals surface area contributed by atoms with E-state index in [9.17, 15) is 17.6 Å². The predicted octanol–water partition coefficient (Wildman–Crippen LogP) is 4.83. The molecule has 3 aromatic carbocycles. The van der Waals surface area contributed by atoms with Gasteiger partial charge < -0.3 is 9.64 Å². The molecule has 3 aromatic rings. The van der Waals surface area contributed by atoms with Crippen molar-refractivity contribution in [3.05, 3.63) is 95.3 Å². The third-order valence-corrected chi connectivity index (χ3v) is 6.34. The van der Waals surface area contributed by atoms with Crippen LogP contribution in [0.1, 0.15) is 5.56 Å². The molecule has 6 nitrogen and oxygen atoms in total. The van der Waals surface area contributed by atoms with Crippen molar-refractivity contribution >= 4 is 39.3 Å². The zero-order valence-electron chi connectivity index (χ0n) is 17.7. The summed E-state index contributed by atoms with van der Waals surface area (Å²) in [4.78, 5) is 13.8. The number of sulfonamides is 1. The monoisotopic (exact) mass is 488 g/mol. The van der Waals surface area contributed by atoms with Crippen LogP contribution in [0, 0.1) is 5.82 Å². The Balaban J connectivity index is 1.55. The smallest absolute Gasteiger partial charge is 0.261 e. The maximum Gasteiger partial charge on any atom is 0.261 e. The van der Waals surface area contributed by atoms with Crippen LogP contribution in [0.4, 0.5) is 10.1 Å². The normalized spacial score (nSPS) is 11.4. The molecule has 0 spiro atoms. The van der Waals surface area contributed by atoms with Crippen LogP contribution in [-0.2, 0) is 14.8 Å². The maximum atomic E-state index is 13.5. The van der Waals surface area contributed by atoms with Crippen LogP contribution in [-0.4, -0.2) is 39.4 Å². The van der Waals surface area contributed by atoms with Crippen molar-refractivity contribution < 1.29 is 22.3 Å². The molecule has 0 saturated heterocycles. The van der Waals surface area contributed by atoms with Crippen LogP contribution in [0.2, 0.25) is 5.02 Å². The van der Waals surface area contributed by atoms with Gasteiger partial charge in [0.1, 0.15) is 6.61 Å². The number of nitrogens with one attached hydrogen (secondary N) is 1. The minimum atomic E-state index is -3.81. The predicted molar refractivity (Wildman–Crippen MR) is 127 cm³/mol. The number of rotatable bonds is 9. The van der Waals surface area contributed by atoms with Gasteiger partial charge in [0.25, 0.3) is 10.0 Å². The second kappa shape index (κ2) is 11.0. The van der Waals surface area contributed by atoms with Crippen LogP contribution < -0.4 is 9.46 Å². The van der Waals surface area contributed by atoms with Crippen molar-refractivity contribution in [2.45, 2.75) is 4.90 Å². The quantitative estimate of drug-likeness (QED) is 0.438. The van der Waals surface area contributed by atoms with E-state index in [1.807, 2.05) is 0 Å². The van der Waals surface area contributed by atoms with Gasteiger partial charge in [-0.3, -0.25) is 9.52 Å². The van der Waals surface area contributed by atoms with Crippen LogP contribution in [0.3, 0.4) is 0 Å². The van der Waals surface area contributed by atoms with Crippen LogP contribution in [0.15, 0.2) is 83.8 Å². The second-order valence-corrected chi connectivity index (χ2v) is 9.12. The van der Waals surface area contributed by atoms with Gasteiger partial charge in [0.2, 0.25) is 5.91 Å². The molecule has 0 atom stereocenters. The number of likely N-dealkylation sites (N-methyl/N-ethyl adjacent to an activating group) is 1. The van der Waals surface area contributed by atoms with Crippen molar-refractivity contribution in [2.75, 3.05) is 24.9 Å². The first-order valence-corrected chi connectivity index (χ1v) is 11.8. The molecule has 0 aromatic heterocycles.